The second-order valence-electron chi connectivity index (χ2n) is 19.4. The molecule has 16 rings (SSSR count). The van der Waals surface area contributed by atoms with Gasteiger partial charge in [0.15, 0.2) is 0 Å². The molecule has 0 unspecified atom stereocenters. The SMILES string of the molecule is c1ccc2c(c1)Oc1ccccc1C21c2ccccc2-c2cc(N(c3ccc(-c4cccc5c4sc4ccccc45)cc3)c3cccc4c3-c3ccccc3C43c4ccccc4Sc4ccccc43)ccc21. The summed E-state index contributed by atoms with van der Waals surface area (Å²) in [6.07, 6.45) is 0. The number of hydrogen-bond donors (Lipinski definition) is 0. The zero-order chi connectivity index (χ0) is 47.1. The molecular formula is C68H41NOS2. The largest absolute Gasteiger partial charge is 0.457 e. The number of para-hydroxylation sites is 2. The molecule has 336 valence electrons. The van der Waals surface area contributed by atoms with Crippen LogP contribution in [-0.4, -0.2) is 0 Å². The first kappa shape index (κ1) is 40.3. The van der Waals surface area contributed by atoms with Crippen LogP contribution in [0.5, 0.6) is 11.5 Å². The Hall–Kier alpha value is -8.41. The zero-order valence-electron chi connectivity index (χ0n) is 38.8. The van der Waals surface area contributed by atoms with Crippen LogP contribution in [0.4, 0.5) is 17.1 Å². The molecule has 0 amide bonds. The van der Waals surface area contributed by atoms with Gasteiger partial charge in [-0.25, -0.2) is 0 Å². The maximum atomic E-state index is 6.71. The lowest BCUT2D eigenvalue weighted by atomic mass is 9.66. The zero-order valence-corrected chi connectivity index (χ0v) is 40.5. The van der Waals surface area contributed by atoms with E-state index in [4.69, 9.17) is 4.74 Å². The Morgan fingerprint density at radius 3 is 1.60 bits per heavy atom. The molecule has 2 aliphatic heterocycles. The van der Waals surface area contributed by atoms with Crippen molar-refractivity contribution in [3.05, 3.63) is 293 Å². The van der Waals surface area contributed by atoms with Gasteiger partial charge in [0.05, 0.1) is 16.5 Å². The topological polar surface area (TPSA) is 12.5 Å². The van der Waals surface area contributed by atoms with Gasteiger partial charge in [-0.1, -0.05) is 200 Å². The third-order valence-corrected chi connectivity index (χ3v) is 18.4. The van der Waals surface area contributed by atoms with E-state index in [0.717, 1.165) is 39.7 Å². The molecule has 0 N–H and O–H groups in total. The van der Waals surface area contributed by atoms with Crippen LogP contribution in [0.1, 0.15) is 44.5 Å². The number of anilines is 3. The van der Waals surface area contributed by atoms with Crippen molar-refractivity contribution in [2.45, 2.75) is 20.6 Å². The number of ether oxygens (including phenoxy) is 1. The number of rotatable bonds is 4. The van der Waals surface area contributed by atoms with Crippen molar-refractivity contribution in [1.82, 2.24) is 0 Å². The fourth-order valence-corrected chi connectivity index (χ4v) is 15.7. The molecule has 3 heterocycles. The molecule has 1 aromatic heterocycles. The highest BCUT2D eigenvalue weighted by molar-refractivity contribution is 7.99. The Balaban J connectivity index is 0.958. The van der Waals surface area contributed by atoms with Gasteiger partial charge in [-0.3, -0.25) is 0 Å². The molecule has 4 heteroatoms. The minimum absolute atomic E-state index is 0.508. The summed E-state index contributed by atoms with van der Waals surface area (Å²) in [7, 11) is 0. The molecule has 0 bridgehead atoms. The Morgan fingerprint density at radius 1 is 0.347 bits per heavy atom. The third kappa shape index (κ3) is 5.25. The normalized spacial score (nSPS) is 14.4. The average Bonchev–Trinajstić information content (AvgIpc) is 4.07. The van der Waals surface area contributed by atoms with Gasteiger partial charge >= 0.3 is 0 Å². The van der Waals surface area contributed by atoms with Crippen molar-refractivity contribution in [2.75, 3.05) is 4.90 Å². The molecular weight excluding hydrogens is 911 g/mol. The summed E-state index contributed by atoms with van der Waals surface area (Å²) < 4.78 is 9.34. The highest BCUT2D eigenvalue weighted by Crippen LogP contribution is 2.66. The molecule has 72 heavy (non-hydrogen) atoms. The van der Waals surface area contributed by atoms with Crippen molar-refractivity contribution in [1.29, 1.82) is 0 Å². The van der Waals surface area contributed by atoms with Crippen molar-refractivity contribution in [3.8, 4) is 44.9 Å². The maximum absolute atomic E-state index is 6.71. The quantitative estimate of drug-likeness (QED) is 0.174. The standard InChI is InChI=1S/C68H41NOS2/c1-4-22-51-46(17-1)50-41-44(39-40-53(50)67(51)54-24-6-10-30-60(54)70-61-31-11-7-25-55(61)67)69(43-37-35-42(36-38-43)45-20-15-21-48-47-18-3-12-32-62(47)72-66(45)48)59-29-16-28-58-65(59)49-19-2-5-23-52(49)68(58)56-26-8-13-33-63(56)71-64-34-14-9-27-57(64)68/h1-41H. The van der Waals surface area contributed by atoms with Crippen LogP contribution in [0.25, 0.3) is 53.6 Å². The lowest BCUT2D eigenvalue weighted by Gasteiger charge is -2.40. The smallest absolute Gasteiger partial charge is 0.132 e. The highest BCUT2D eigenvalue weighted by atomic mass is 32.2. The predicted octanol–water partition coefficient (Wildman–Crippen LogP) is 18.5. The monoisotopic (exact) mass is 951 g/mol. The molecule has 2 spiro atoms. The number of hydrogen-bond acceptors (Lipinski definition) is 4. The van der Waals surface area contributed by atoms with Crippen LogP contribution in [0.15, 0.2) is 259 Å². The van der Waals surface area contributed by atoms with Gasteiger partial charge in [0, 0.05) is 58.0 Å². The fraction of sp³-hybridized carbons (Fsp3) is 0.0294. The van der Waals surface area contributed by atoms with E-state index in [-0.39, 0.29) is 0 Å². The van der Waals surface area contributed by atoms with Crippen molar-refractivity contribution in [3.63, 3.8) is 0 Å². The lowest BCUT2D eigenvalue weighted by molar-refractivity contribution is 0.436. The summed E-state index contributed by atoms with van der Waals surface area (Å²) >= 11 is 3.77. The summed E-state index contributed by atoms with van der Waals surface area (Å²) in [5.41, 5.74) is 19.9. The molecule has 4 aliphatic rings. The van der Waals surface area contributed by atoms with Gasteiger partial charge in [-0.05, 0) is 122 Å². The first-order valence-corrected chi connectivity index (χ1v) is 26.4. The third-order valence-electron chi connectivity index (χ3n) is 16.0. The van der Waals surface area contributed by atoms with E-state index in [1.807, 2.05) is 23.1 Å². The maximum Gasteiger partial charge on any atom is 0.132 e. The van der Waals surface area contributed by atoms with E-state index in [0.29, 0.717) is 0 Å². The van der Waals surface area contributed by atoms with Crippen molar-refractivity contribution < 1.29 is 4.74 Å². The van der Waals surface area contributed by atoms with Gasteiger partial charge in [0.2, 0.25) is 0 Å². The molecule has 0 atom stereocenters. The number of benzene rings is 11. The molecule has 2 nitrogen and oxygen atoms in total. The number of fused-ring (bicyclic) bond motifs is 21. The van der Waals surface area contributed by atoms with E-state index in [1.165, 1.54) is 96.7 Å². The predicted molar refractivity (Wildman–Crippen MR) is 298 cm³/mol. The summed E-state index contributed by atoms with van der Waals surface area (Å²) in [6, 6.07) is 92.8. The Labute approximate surface area is 426 Å². The average molecular weight is 952 g/mol. The molecule has 12 aromatic rings. The van der Waals surface area contributed by atoms with E-state index < -0.39 is 10.8 Å². The van der Waals surface area contributed by atoms with Crippen LogP contribution in [0.3, 0.4) is 0 Å². The molecule has 11 aromatic carbocycles. The summed E-state index contributed by atoms with van der Waals surface area (Å²) in [6.45, 7) is 0. The summed E-state index contributed by atoms with van der Waals surface area (Å²) in [5.74, 6) is 1.79. The molecule has 0 radical (unpaired) electrons. The second-order valence-corrected chi connectivity index (χ2v) is 21.5. The van der Waals surface area contributed by atoms with E-state index in [2.05, 4.69) is 254 Å². The fourth-order valence-electron chi connectivity index (χ4n) is 13.2. The van der Waals surface area contributed by atoms with E-state index in [9.17, 15) is 0 Å². The number of thiophene rings is 1. The molecule has 0 fully saturated rings. The van der Waals surface area contributed by atoms with Crippen molar-refractivity contribution in [2.24, 2.45) is 0 Å². The second kappa shape index (κ2) is 15.1. The Bertz CT molecular complexity index is 4170. The highest BCUT2D eigenvalue weighted by Gasteiger charge is 2.53. The Kier molecular flexibility index (Phi) is 8.43. The van der Waals surface area contributed by atoms with Crippen LogP contribution in [0.2, 0.25) is 0 Å². The van der Waals surface area contributed by atoms with Gasteiger partial charge in [-0.2, -0.15) is 0 Å². The van der Waals surface area contributed by atoms with Crippen molar-refractivity contribution >= 4 is 60.3 Å². The molecule has 0 saturated heterocycles. The van der Waals surface area contributed by atoms with Gasteiger partial charge in [-0.15, -0.1) is 11.3 Å². The van der Waals surface area contributed by atoms with E-state index in [1.54, 1.807) is 0 Å². The van der Waals surface area contributed by atoms with Gasteiger partial charge < -0.3 is 9.64 Å². The lowest BCUT2D eigenvalue weighted by Crippen LogP contribution is -2.32. The van der Waals surface area contributed by atoms with Crippen LogP contribution < -0.4 is 9.64 Å². The molecule has 0 saturated carbocycles. The summed E-state index contributed by atoms with van der Waals surface area (Å²) in [5, 5.41) is 2.62. The van der Waals surface area contributed by atoms with E-state index >= 15 is 0 Å². The Morgan fingerprint density at radius 2 is 0.861 bits per heavy atom. The van der Waals surface area contributed by atoms with Crippen LogP contribution >= 0.6 is 23.1 Å². The molecule has 2 aliphatic carbocycles. The van der Waals surface area contributed by atoms with Crippen LogP contribution in [0, 0.1) is 0 Å². The summed E-state index contributed by atoms with van der Waals surface area (Å²) in [4.78, 5) is 5.13. The first-order valence-electron chi connectivity index (χ1n) is 24.7. The van der Waals surface area contributed by atoms with Crippen LogP contribution in [-0.2, 0) is 10.8 Å². The number of nitrogens with zero attached hydrogens (tertiary/aromatic N) is 1. The first-order chi connectivity index (χ1) is 35.7. The minimum atomic E-state index is -0.560. The van der Waals surface area contributed by atoms with Gasteiger partial charge in [0.25, 0.3) is 0 Å². The minimum Gasteiger partial charge on any atom is -0.457 e. The van der Waals surface area contributed by atoms with Gasteiger partial charge in [0.1, 0.15) is 11.5 Å².